The smallest absolute Gasteiger partial charge is 0.309 e. The number of esters is 1. The topological polar surface area (TPSA) is 114 Å². The highest BCUT2D eigenvalue weighted by atomic mass is 16.6. The van der Waals surface area contributed by atoms with Crippen LogP contribution < -0.4 is 0 Å². The highest BCUT2D eigenvalue weighted by Crippen LogP contribution is 2.45. The first-order valence-electron chi connectivity index (χ1n) is 12.7. The molecule has 2 aliphatic heterocycles. The van der Waals surface area contributed by atoms with E-state index in [1.165, 1.54) is 0 Å². The zero-order valence-corrected chi connectivity index (χ0v) is 22.2. The Kier molecular flexibility index (Phi) is 8.29. The lowest BCUT2D eigenvalue weighted by Gasteiger charge is -2.34. The first-order valence-corrected chi connectivity index (χ1v) is 12.7. The number of nitrogens with zero attached hydrogens (tertiary/aromatic N) is 2. The Labute approximate surface area is 208 Å². The number of rotatable bonds is 2. The van der Waals surface area contributed by atoms with Crippen molar-refractivity contribution in [1.29, 1.82) is 0 Å². The summed E-state index contributed by atoms with van der Waals surface area (Å²) in [6.45, 7) is 10.9. The molecule has 2 fully saturated rings. The third-order valence-corrected chi connectivity index (χ3v) is 8.02. The molecule has 8 heteroatoms. The maximum Gasteiger partial charge on any atom is 0.309 e. The van der Waals surface area contributed by atoms with Gasteiger partial charge in [0.2, 0.25) is 0 Å². The Morgan fingerprint density at radius 3 is 2.54 bits per heavy atom. The van der Waals surface area contributed by atoms with E-state index in [0.29, 0.717) is 6.42 Å². The number of ketones is 1. The molecule has 3 heterocycles. The molecule has 2 saturated heterocycles. The molecule has 3 rings (SSSR count). The second-order valence-electron chi connectivity index (χ2n) is 11.4. The number of carbonyl (C=O) groups is 2. The van der Waals surface area contributed by atoms with Gasteiger partial charge in [0.25, 0.3) is 0 Å². The van der Waals surface area contributed by atoms with Gasteiger partial charge < -0.3 is 19.7 Å². The number of aryl methyl sites for hydroxylation is 1. The standard InChI is InChI=1S/C27H42N2O6/c1-16-9-8-11-27(6)22(35-27)14-20(17(2)13-19-10-12-29(7)28-19)34-23(31)15-21(30)26(4,5)25(33)18(3)24(16)32/h10,12-13,16,18,20-22,24,30,32H,8-9,11,14-15H2,1-7H3/t16-,18+,20-,21-,22-,24-,27+/m0/s1. The minimum absolute atomic E-state index is 0.0533. The van der Waals surface area contributed by atoms with E-state index in [1.807, 2.05) is 39.2 Å². The fourth-order valence-electron chi connectivity index (χ4n) is 5.13. The zero-order chi connectivity index (χ0) is 26.1. The minimum atomic E-state index is -1.23. The number of Topliss-reactive ketones (excluding diaryl/α,β-unsaturated/α-hetero) is 1. The largest absolute Gasteiger partial charge is 0.458 e. The van der Waals surface area contributed by atoms with Crippen LogP contribution in [0.4, 0.5) is 0 Å². The van der Waals surface area contributed by atoms with Crippen molar-refractivity contribution in [2.75, 3.05) is 0 Å². The first-order chi connectivity index (χ1) is 16.2. The summed E-state index contributed by atoms with van der Waals surface area (Å²) < 4.78 is 13.6. The molecule has 35 heavy (non-hydrogen) atoms. The number of aromatic nitrogens is 2. The molecule has 0 amide bonds. The monoisotopic (exact) mass is 490 g/mol. The molecule has 1 aromatic heterocycles. The molecule has 2 aliphatic rings. The van der Waals surface area contributed by atoms with Gasteiger partial charge in [-0.2, -0.15) is 5.10 Å². The van der Waals surface area contributed by atoms with Gasteiger partial charge in [-0.15, -0.1) is 0 Å². The van der Waals surface area contributed by atoms with Gasteiger partial charge in [0.1, 0.15) is 11.9 Å². The average Bonchev–Trinajstić information content (AvgIpc) is 3.22. The molecule has 0 saturated carbocycles. The predicted octanol–water partition coefficient (Wildman–Crippen LogP) is 3.45. The normalized spacial score (nSPS) is 37.5. The van der Waals surface area contributed by atoms with Crippen molar-refractivity contribution >= 4 is 17.8 Å². The quantitative estimate of drug-likeness (QED) is 0.482. The van der Waals surface area contributed by atoms with E-state index in [-0.39, 0.29) is 29.8 Å². The second-order valence-corrected chi connectivity index (χ2v) is 11.4. The molecule has 2 N–H and O–H groups in total. The summed E-state index contributed by atoms with van der Waals surface area (Å²) >= 11 is 0. The summed E-state index contributed by atoms with van der Waals surface area (Å²) in [6, 6.07) is 1.88. The van der Waals surface area contributed by atoms with Gasteiger partial charge in [0.05, 0.1) is 41.4 Å². The van der Waals surface area contributed by atoms with Crippen LogP contribution in [0.3, 0.4) is 0 Å². The fraction of sp³-hybridized carbons (Fsp3) is 0.741. The van der Waals surface area contributed by atoms with Crippen molar-refractivity contribution in [3.63, 3.8) is 0 Å². The van der Waals surface area contributed by atoms with Crippen LogP contribution in [0, 0.1) is 17.3 Å². The molecule has 0 spiro atoms. The Morgan fingerprint density at radius 1 is 1.23 bits per heavy atom. The predicted molar refractivity (Wildman–Crippen MR) is 132 cm³/mol. The highest BCUT2D eigenvalue weighted by Gasteiger charge is 2.53. The van der Waals surface area contributed by atoms with E-state index in [2.05, 4.69) is 12.0 Å². The summed E-state index contributed by atoms with van der Waals surface area (Å²) in [5, 5.41) is 26.1. The van der Waals surface area contributed by atoms with E-state index in [0.717, 1.165) is 30.5 Å². The summed E-state index contributed by atoms with van der Waals surface area (Å²) in [6.07, 6.45) is 3.74. The SMILES string of the molecule is CC(=Cc1ccn(C)n1)[C@@H]1C[C@@H]2O[C@]2(C)CCC[C@H](C)[C@H](O)[C@@H](C)C(=O)C(C)(C)[C@@H](O)CC(=O)O1. The van der Waals surface area contributed by atoms with Crippen molar-refractivity contribution in [1.82, 2.24) is 9.78 Å². The molecular weight excluding hydrogens is 448 g/mol. The van der Waals surface area contributed by atoms with Gasteiger partial charge in [0, 0.05) is 25.6 Å². The van der Waals surface area contributed by atoms with Crippen LogP contribution in [0.5, 0.6) is 0 Å². The average molecular weight is 491 g/mol. The van der Waals surface area contributed by atoms with Crippen LogP contribution in [0.25, 0.3) is 6.08 Å². The zero-order valence-electron chi connectivity index (χ0n) is 22.2. The molecular formula is C27H42N2O6. The van der Waals surface area contributed by atoms with Gasteiger partial charge in [-0.05, 0) is 50.3 Å². The Balaban J connectivity index is 1.85. The molecule has 1 aromatic rings. The lowest BCUT2D eigenvalue weighted by Crippen LogP contribution is -2.45. The van der Waals surface area contributed by atoms with Crippen molar-refractivity contribution < 1.29 is 29.3 Å². The maximum absolute atomic E-state index is 13.2. The van der Waals surface area contributed by atoms with E-state index < -0.39 is 35.6 Å². The van der Waals surface area contributed by atoms with Crippen LogP contribution in [0.2, 0.25) is 0 Å². The number of aliphatic hydroxyl groups is 2. The number of cyclic esters (lactones) is 1. The number of ether oxygens (including phenoxy) is 2. The number of aliphatic hydroxyl groups excluding tert-OH is 2. The van der Waals surface area contributed by atoms with E-state index in [4.69, 9.17) is 9.47 Å². The van der Waals surface area contributed by atoms with Gasteiger partial charge in [-0.3, -0.25) is 14.3 Å². The number of hydrogen-bond acceptors (Lipinski definition) is 7. The summed E-state index contributed by atoms with van der Waals surface area (Å²) in [4.78, 5) is 26.1. The van der Waals surface area contributed by atoms with Gasteiger partial charge >= 0.3 is 5.97 Å². The maximum atomic E-state index is 13.2. The van der Waals surface area contributed by atoms with Crippen LogP contribution in [0.1, 0.15) is 79.3 Å². The third kappa shape index (κ3) is 6.40. The molecule has 7 atom stereocenters. The van der Waals surface area contributed by atoms with Crippen molar-refractivity contribution in [2.45, 2.75) is 104 Å². The fourth-order valence-corrected chi connectivity index (χ4v) is 5.13. The van der Waals surface area contributed by atoms with E-state index in [9.17, 15) is 19.8 Å². The van der Waals surface area contributed by atoms with Crippen LogP contribution in [-0.4, -0.2) is 61.8 Å². The second kappa shape index (κ2) is 10.5. The van der Waals surface area contributed by atoms with Crippen molar-refractivity contribution in [3.8, 4) is 0 Å². The third-order valence-electron chi connectivity index (χ3n) is 8.02. The van der Waals surface area contributed by atoms with Crippen LogP contribution in [-0.2, 0) is 26.1 Å². The number of carbonyl (C=O) groups excluding carboxylic acids is 2. The Hall–Kier alpha value is -2.03. The molecule has 0 radical (unpaired) electrons. The van der Waals surface area contributed by atoms with Crippen molar-refractivity contribution in [2.24, 2.45) is 24.3 Å². The Bertz CT molecular complexity index is 953. The van der Waals surface area contributed by atoms with Gasteiger partial charge in [-0.25, -0.2) is 0 Å². The number of epoxide rings is 1. The molecule has 0 aromatic carbocycles. The summed E-state index contributed by atoms with van der Waals surface area (Å²) in [7, 11) is 1.84. The summed E-state index contributed by atoms with van der Waals surface area (Å²) in [5.41, 5.74) is 0.0933. The van der Waals surface area contributed by atoms with Gasteiger partial charge in [0.15, 0.2) is 0 Å². The molecule has 8 nitrogen and oxygen atoms in total. The molecule has 0 aliphatic carbocycles. The summed E-state index contributed by atoms with van der Waals surface area (Å²) in [5.74, 6) is -1.56. The first kappa shape index (κ1) is 27.6. The van der Waals surface area contributed by atoms with E-state index in [1.54, 1.807) is 25.5 Å². The molecule has 0 unspecified atom stereocenters. The lowest BCUT2D eigenvalue weighted by atomic mass is 9.73. The molecule has 0 bridgehead atoms. The van der Waals surface area contributed by atoms with Crippen LogP contribution >= 0.6 is 0 Å². The van der Waals surface area contributed by atoms with Crippen LogP contribution in [0.15, 0.2) is 17.8 Å². The highest BCUT2D eigenvalue weighted by molar-refractivity contribution is 5.88. The number of hydrogen-bond donors (Lipinski definition) is 2. The lowest BCUT2D eigenvalue weighted by molar-refractivity contribution is -0.154. The number of fused-ring (bicyclic) bond motifs is 1. The molecule has 196 valence electrons. The Morgan fingerprint density at radius 2 is 1.91 bits per heavy atom. The van der Waals surface area contributed by atoms with E-state index >= 15 is 0 Å². The minimum Gasteiger partial charge on any atom is -0.458 e. The van der Waals surface area contributed by atoms with Gasteiger partial charge in [-0.1, -0.05) is 34.1 Å². The van der Waals surface area contributed by atoms with Crippen molar-refractivity contribution in [3.05, 3.63) is 23.5 Å².